The Morgan fingerprint density at radius 3 is 2.70 bits per heavy atom. The highest BCUT2D eigenvalue weighted by molar-refractivity contribution is 5.96. The number of amides is 3. The van der Waals surface area contributed by atoms with Crippen LogP contribution in [0.25, 0.3) is 0 Å². The summed E-state index contributed by atoms with van der Waals surface area (Å²) in [6.45, 7) is 0.288. The van der Waals surface area contributed by atoms with Crippen molar-refractivity contribution in [3.8, 4) is 0 Å². The molecule has 0 atom stereocenters. The van der Waals surface area contributed by atoms with Crippen LogP contribution in [0.5, 0.6) is 0 Å². The van der Waals surface area contributed by atoms with E-state index in [1.165, 1.54) is 10.0 Å². The van der Waals surface area contributed by atoms with Crippen molar-refractivity contribution in [1.82, 2.24) is 10.3 Å². The summed E-state index contributed by atoms with van der Waals surface area (Å²) in [5.41, 5.74) is 0.589. The number of rotatable bonds is 4. The van der Waals surface area contributed by atoms with Crippen LogP contribution in [0.15, 0.2) is 30.3 Å². The van der Waals surface area contributed by atoms with Crippen LogP contribution < -0.4 is 10.3 Å². The predicted octanol–water partition coefficient (Wildman–Crippen LogP) is 1.24. The lowest BCUT2D eigenvalue weighted by Crippen LogP contribution is -2.55. The van der Waals surface area contributed by atoms with Gasteiger partial charge in [-0.25, -0.2) is 14.8 Å². The van der Waals surface area contributed by atoms with Crippen molar-refractivity contribution in [2.24, 2.45) is 0 Å². The van der Waals surface area contributed by atoms with Crippen molar-refractivity contribution in [1.29, 1.82) is 0 Å². The third-order valence-electron chi connectivity index (χ3n) is 3.04. The normalized spacial score (nSPS) is 14.8. The Morgan fingerprint density at radius 2 is 2.05 bits per heavy atom. The number of nitrogens with zero attached hydrogens (tertiary/aromatic N) is 2. The number of benzene rings is 1. The highest BCUT2D eigenvalue weighted by Crippen LogP contribution is 2.21. The molecule has 6 nitrogen and oxygen atoms in total. The summed E-state index contributed by atoms with van der Waals surface area (Å²) in [7, 11) is 0. The molecule has 20 heavy (non-hydrogen) atoms. The van der Waals surface area contributed by atoms with Gasteiger partial charge in [0.25, 0.3) is 0 Å². The van der Waals surface area contributed by atoms with Gasteiger partial charge in [0, 0.05) is 13.0 Å². The van der Waals surface area contributed by atoms with E-state index in [0.29, 0.717) is 18.7 Å². The zero-order valence-electron chi connectivity index (χ0n) is 11.0. The smallest absolute Gasteiger partial charge is 0.329 e. The first-order chi connectivity index (χ1) is 9.74. The quantitative estimate of drug-likeness (QED) is 0.898. The van der Waals surface area contributed by atoms with Crippen LogP contribution in [0, 0.1) is 0 Å². The number of piperidine rings is 1. The van der Waals surface area contributed by atoms with Crippen molar-refractivity contribution >= 4 is 23.9 Å². The van der Waals surface area contributed by atoms with Gasteiger partial charge in [-0.3, -0.25) is 9.59 Å². The number of carbonyl (C=O) groups is 2. The number of hydrazine groups is 1. The summed E-state index contributed by atoms with van der Waals surface area (Å²) in [5, 5.41) is 5.14. The van der Waals surface area contributed by atoms with Gasteiger partial charge in [0.1, 0.15) is 0 Å². The molecule has 1 saturated heterocycles. The summed E-state index contributed by atoms with van der Waals surface area (Å²) >= 11 is 0. The highest BCUT2D eigenvalue weighted by atomic mass is 16.2. The van der Waals surface area contributed by atoms with E-state index in [0.717, 1.165) is 12.8 Å². The second kappa shape index (κ2) is 6.70. The fourth-order valence-corrected chi connectivity index (χ4v) is 2.13. The van der Waals surface area contributed by atoms with Crippen LogP contribution in [0.1, 0.15) is 19.3 Å². The third kappa shape index (κ3) is 3.14. The Labute approximate surface area is 117 Å². The molecule has 6 heteroatoms. The molecule has 1 aromatic rings. The van der Waals surface area contributed by atoms with Crippen molar-refractivity contribution < 1.29 is 14.4 Å². The van der Waals surface area contributed by atoms with Gasteiger partial charge in [0.15, 0.2) is 0 Å². The zero-order chi connectivity index (χ0) is 14.4. The molecule has 1 aliphatic heterocycles. The van der Waals surface area contributed by atoms with Crippen molar-refractivity contribution in [2.45, 2.75) is 19.3 Å². The molecule has 0 aromatic heterocycles. The molecule has 3 amide bonds. The van der Waals surface area contributed by atoms with Crippen LogP contribution in [-0.4, -0.2) is 36.3 Å². The van der Waals surface area contributed by atoms with E-state index in [1.807, 2.05) is 6.07 Å². The summed E-state index contributed by atoms with van der Waals surface area (Å²) in [6.07, 6.45) is 3.72. The molecule has 0 unspecified atom stereocenters. The lowest BCUT2D eigenvalue weighted by atomic mass is 10.1. The largest absolute Gasteiger partial charge is 0.341 e. The van der Waals surface area contributed by atoms with Gasteiger partial charge in [-0.2, -0.15) is 0 Å². The molecule has 0 spiro atoms. The van der Waals surface area contributed by atoms with E-state index in [4.69, 9.17) is 0 Å². The molecule has 1 fully saturated rings. The molecule has 0 bridgehead atoms. The van der Waals surface area contributed by atoms with E-state index in [1.54, 1.807) is 30.6 Å². The van der Waals surface area contributed by atoms with E-state index >= 15 is 0 Å². The first-order valence-electron chi connectivity index (χ1n) is 6.52. The number of hydrogen-bond donors (Lipinski definition) is 1. The average Bonchev–Trinajstić information content (AvgIpc) is 2.48. The van der Waals surface area contributed by atoms with Gasteiger partial charge >= 0.3 is 6.03 Å². The van der Waals surface area contributed by atoms with Gasteiger partial charge in [0.2, 0.25) is 12.2 Å². The second-order valence-electron chi connectivity index (χ2n) is 4.42. The third-order valence-corrected chi connectivity index (χ3v) is 3.04. The molecule has 1 heterocycles. The minimum Gasteiger partial charge on any atom is -0.329 e. The van der Waals surface area contributed by atoms with E-state index in [-0.39, 0.29) is 12.5 Å². The lowest BCUT2D eigenvalue weighted by Gasteiger charge is -2.36. The fourth-order valence-electron chi connectivity index (χ4n) is 2.13. The van der Waals surface area contributed by atoms with Crippen LogP contribution in [-0.2, 0) is 9.59 Å². The van der Waals surface area contributed by atoms with E-state index in [9.17, 15) is 14.4 Å². The maximum atomic E-state index is 12.2. The van der Waals surface area contributed by atoms with Gasteiger partial charge in [0.05, 0.1) is 12.2 Å². The number of anilines is 1. The minimum atomic E-state index is -0.505. The molecular formula is C14H16N3O3. The molecule has 1 aliphatic rings. The number of hydrogen-bond acceptors (Lipinski definition) is 3. The first-order valence-corrected chi connectivity index (χ1v) is 6.52. The minimum absolute atomic E-state index is 0.0923. The number of nitrogens with one attached hydrogen (secondary N) is 1. The Balaban J connectivity index is 2.26. The van der Waals surface area contributed by atoms with Crippen LogP contribution in [0.4, 0.5) is 10.5 Å². The van der Waals surface area contributed by atoms with Crippen LogP contribution >= 0.6 is 0 Å². The Hall–Kier alpha value is -2.37. The average molecular weight is 274 g/mol. The Morgan fingerprint density at radius 1 is 1.30 bits per heavy atom. The summed E-state index contributed by atoms with van der Waals surface area (Å²) in [6, 6.07) is 8.38. The fraction of sp³-hybridized carbons (Fsp3) is 0.357. The molecule has 2 rings (SSSR count). The number of para-hydroxylation sites is 1. The van der Waals surface area contributed by atoms with Crippen LogP contribution in [0.3, 0.4) is 0 Å². The Bertz CT molecular complexity index is 490. The van der Waals surface area contributed by atoms with Crippen molar-refractivity contribution in [2.75, 3.05) is 18.1 Å². The lowest BCUT2D eigenvalue weighted by molar-refractivity contribution is -0.133. The highest BCUT2D eigenvalue weighted by Gasteiger charge is 2.29. The van der Waals surface area contributed by atoms with Gasteiger partial charge in [-0.1, -0.05) is 18.2 Å². The van der Waals surface area contributed by atoms with Crippen LogP contribution in [0.2, 0.25) is 0 Å². The molecule has 105 valence electrons. The van der Waals surface area contributed by atoms with Gasteiger partial charge in [-0.05, 0) is 25.0 Å². The molecule has 1 N–H and O–H groups in total. The number of urea groups is 1. The first kappa shape index (κ1) is 14.0. The van der Waals surface area contributed by atoms with E-state index < -0.39 is 6.03 Å². The summed E-state index contributed by atoms with van der Waals surface area (Å²) in [5.74, 6) is -0.0923. The summed E-state index contributed by atoms with van der Waals surface area (Å²) in [4.78, 5) is 34.5. The zero-order valence-corrected chi connectivity index (χ0v) is 11.0. The molecular weight excluding hydrogens is 258 g/mol. The molecule has 0 aliphatic carbocycles. The van der Waals surface area contributed by atoms with E-state index in [2.05, 4.69) is 5.32 Å². The SMILES string of the molecule is O=[C]CNC(=O)N(c1ccccc1)N1CCCCC1=O. The monoisotopic (exact) mass is 274 g/mol. The maximum absolute atomic E-state index is 12.2. The topological polar surface area (TPSA) is 69.7 Å². The van der Waals surface area contributed by atoms with Gasteiger partial charge in [-0.15, -0.1) is 0 Å². The molecule has 0 saturated carbocycles. The summed E-state index contributed by atoms with van der Waals surface area (Å²) < 4.78 is 0. The molecule has 1 radical (unpaired) electrons. The van der Waals surface area contributed by atoms with Crippen molar-refractivity contribution in [3.05, 3.63) is 30.3 Å². The maximum Gasteiger partial charge on any atom is 0.341 e. The number of carbonyl (C=O) groups excluding carboxylic acids is 3. The van der Waals surface area contributed by atoms with Gasteiger partial charge < -0.3 is 5.32 Å². The standard InChI is InChI=1S/C14H16N3O3/c18-11-9-15-14(20)17(12-6-2-1-3-7-12)16-10-5-4-8-13(16)19/h1-3,6-7H,4-5,8-10H2,(H,15,20). The predicted molar refractivity (Wildman–Crippen MR) is 73.6 cm³/mol. The molecule has 1 aromatic carbocycles. The Kier molecular flexibility index (Phi) is 4.70. The van der Waals surface area contributed by atoms with Crippen molar-refractivity contribution in [3.63, 3.8) is 0 Å². The second-order valence-corrected chi connectivity index (χ2v) is 4.42.